The van der Waals surface area contributed by atoms with Crippen LogP contribution in [-0.4, -0.2) is 48.2 Å². The molecule has 3 rings (SSSR count). The van der Waals surface area contributed by atoms with E-state index in [-0.39, 0.29) is 6.42 Å². The Hall–Kier alpha value is -2.14. The lowest BCUT2D eigenvalue weighted by molar-refractivity contribution is -0.0451. The first-order valence-electron chi connectivity index (χ1n) is 7.88. The van der Waals surface area contributed by atoms with E-state index in [0.29, 0.717) is 5.56 Å². The van der Waals surface area contributed by atoms with Gasteiger partial charge in [0.1, 0.15) is 12.3 Å². The minimum Gasteiger partial charge on any atom is -0.390 e. The molecule has 0 aromatic carbocycles. The maximum atomic E-state index is 11.7. The lowest BCUT2D eigenvalue weighted by Crippen LogP contribution is -2.33. The average molecular weight is 401 g/mol. The zero-order chi connectivity index (χ0) is 20.0. The first kappa shape index (κ1) is 21.2. The smallest absolute Gasteiger partial charge is 0.390 e. The van der Waals surface area contributed by atoms with Crippen LogP contribution in [0.25, 0.3) is 0 Å². The molecule has 1 aliphatic rings. The Morgan fingerprint density at radius 2 is 2.00 bits per heavy atom. The van der Waals surface area contributed by atoms with Crippen molar-refractivity contribution in [1.82, 2.24) is 14.5 Å². The molecule has 2 aromatic rings. The highest BCUT2D eigenvalue weighted by atomic mass is 31.2. The lowest BCUT2D eigenvalue weighted by atomic mass is 10.2. The molecule has 1 fully saturated rings. The van der Waals surface area contributed by atoms with Crippen LogP contribution in [0, 0.1) is 6.92 Å². The van der Waals surface area contributed by atoms with Gasteiger partial charge in [0.05, 0.1) is 12.7 Å². The number of H-pyrrole nitrogens is 1. The number of aromatic nitrogens is 3. The van der Waals surface area contributed by atoms with Crippen LogP contribution in [0.2, 0.25) is 0 Å². The molecule has 0 unspecified atom stereocenters. The molecule has 3 heterocycles. The number of hydrogen-bond donors (Lipinski definition) is 4. The Balaban J connectivity index is 0.000000369. The van der Waals surface area contributed by atoms with Crippen LogP contribution in [0.4, 0.5) is 0 Å². The Labute approximate surface area is 153 Å². The van der Waals surface area contributed by atoms with Crippen LogP contribution in [-0.2, 0) is 13.8 Å². The number of nitrogens with one attached hydrogen (secondary N) is 1. The third kappa shape index (κ3) is 6.51. The third-order valence-corrected chi connectivity index (χ3v) is 4.12. The van der Waals surface area contributed by atoms with Gasteiger partial charge in [-0.05, 0) is 19.1 Å². The van der Waals surface area contributed by atoms with Crippen LogP contribution < -0.4 is 11.2 Å². The Kier molecular flexibility index (Phi) is 7.19. The van der Waals surface area contributed by atoms with Crippen molar-refractivity contribution in [2.45, 2.75) is 31.8 Å². The van der Waals surface area contributed by atoms with Crippen molar-refractivity contribution in [3.05, 3.63) is 63.2 Å². The normalized spacial score (nSPS) is 22.1. The molecule has 1 saturated heterocycles. The van der Waals surface area contributed by atoms with Gasteiger partial charge in [-0.2, -0.15) is 0 Å². The Morgan fingerprint density at radius 3 is 2.52 bits per heavy atom. The highest BCUT2D eigenvalue weighted by molar-refractivity contribution is 7.46. The van der Waals surface area contributed by atoms with E-state index in [4.69, 9.17) is 14.5 Å². The van der Waals surface area contributed by atoms with E-state index < -0.39 is 44.1 Å². The second-order valence-electron chi connectivity index (χ2n) is 5.72. The van der Waals surface area contributed by atoms with E-state index in [0.717, 1.165) is 4.57 Å². The quantitative estimate of drug-likeness (QED) is 0.503. The van der Waals surface area contributed by atoms with Crippen LogP contribution in [0.3, 0.4) is 0 Å². The second-order valence-corrected chi connectivity index (χ2v) is 6.96. The van der Waals surface area contributed by atoms with Crippen molar-refractivity contribution in [3.8, 4) is 0 Å². The molecular formula is C15H20N3O8P. The predicted octanol–water partition coefficient (Wildman–Crippen LogP) is -0.316. The van der Waals surface area contributed by atoms with E-state index >= 15 is 0 Å². The predicted molar refractivity (Wildman–Crippen MR) is 92.8 cm³/mol. The van der Waals surface area contributed by atoms with Crippen molar-refractivity contribution < 1.29 is 28.7 Å². The molecule has 3 atom stereocenters. The summed E-state index contributed by atoms with van der Waals surface area (Å²) >= 11 is 0. The standard InChI is InChI=1S/C10H15N2O8P.C5H5N/c1-5-3-12(10(15)11-9(5)14)8-2-6(13)7(20-8)4-19-21(16,17)18;1-2-4-6-5-3-1/h3,6-8,13H,2,4H2,1H3,(H,11,14,15)(H2,16,17,18);1-5H/t6-,7+,8+;/m0./s1. The second kappa shape index (κ2) is 9.18. The first-order chi connectivity index (χ1) is 12.7. The molecule has 12 heteroatoms. The van der Waals surface area contributed by atoms with Crippen LogP contribution in [0.15, 0.2) is 46.4 Å². The van der Waals surface area contributed by atoms with Crippen molar-refractivity contribution >= 4 is 7.82 Å². The minimum absolute atomic E-state index is 0.0283. The van der Waals surface area contributed by atoms with Crippen LogP contribution in [0.1, 0.15) is 18.2 Å². The molecule has 0 spiro atoms. The number of ether oxygens (including phenoxy) is 1. The maximum absolute atomic E-state index is 11.7. The van der Waals surface area contributed by atoms with Crippen molar-refractivity contribution in [2.75, 3.05) is 6.61 Å². The fourth-order valence-electron chi connectivity index (χ4n) is 2.32. The first-order valence-corrected chi connectivity index (χ1v) is 9.41. The summed E-state index contributed by atoms with van der Waals surface area (Å²) in [7, 11) is -4.67. The van der Waals surface area contributed by atoms with Gasteiger partial charge in [-0.15, -0.1) is 0 Å². The van der Waals surface area contributed by atoms with Gasteiger partial charge < -0.3 is 19.6 Å². The number of phosphoric ester groups is 1. The van der Waals surface area contributed by atoms with Gasteiger partial charge in [0.25, 0.3) is 5.56 Å². The molecular weight excluding hydrogens is 381 g/mol. The number of rotatable bonds is 4. The summed E-state index contributed by atoms with van der Waals surface area (Å²) < 4.78 is 21.4. The van der Waals surface area contributed by atoms with Crippen molar-refractivity contribution in [2.24, 2.45) is 0 Å². The molecule has 148 valence electrons. The van der Waals surface area contributed by atoms with Gasteiger partial charge in [-0.1, -0.05) is 6.07 Å². The van der Waals surface area contributed by atoms with Crippen molar-refractivity contribution in [1.29, 1.82) is 0 Å². The SMILES string of the molecule is Cc1cn([C@H]2C[C@H](O)[C@@H](COP(=O)(O)O)O2)c(=O)[nH]c1=O.c1ccncc1. The highest BCUT2D eigenvalue weighted by Gasteiger charge is 2.37. The Morgan fingerprint density at radius 1 is 1.33 bits per heavy atom. The highest BCUT2D eigenvalue weighted by Crippen LogP contribution is 2.38. The molecule has 2 aromatic heterocycles. The molecule has 0 saturated carbocycles. The molecule has 11 nitrogen and oxygen atoms in total. The molecule has 4 N–H and O–H groups in total. The zero-order valence-electron chi connectivity index (χ0n) is 14.3. The lowest BCUT2D eigenvalue weighted by Gasteiger charge is -2.16. The molecule has 1 aliphatic heterocycles. The van der Waals surface area contributed by atoms with Crippen molar-refractivity contribution in [3.63, 3.8) is 0 Å². The summed E-state index contributed by atoms with van der Waals surface area (Å²) in [6.07, 6.45) is 1.93. The monoisotopic (exact) mass is 401 g/mol. The van der Waals surface area contributed by atoms with E-state index in [1.54, 1.807) is 12.4 Å². The van der Waals surface area contributed by atoms with Gasteiger partial charge >= 0.3 is 13.5 Å². The average Bonchev–Trinajstić information content (AvgIpc) is 2.98. The van der Waals surface area contributed by atoms with Gasteiger partial charge in [-0.25, -0.2) is 9.36 Å². The van der Waals surface area contributed by atoms with Gasteiger partial charge in [-0.3, -0.25) is 23.9 Å². The summed E-state index contributed by atoms with van der Waals surface area (Å²) in [5.41, 5.74) is -0.918. The minimum atomic E-state index is -4.67. The number of nitrogens with zero attached hydrogens (tertiary/aromatic N) is 2. The number of hydrogen-bond acceptors (Lipinski definition) is 7. The molecule has 0 amide bonds. The number of aliphatic hydroxyl groups excluding tert-OH is 1. The summed E-state index contributed by atoms with van der Waals surface area (Å²) in [5, 5.41) is 9.79. The van der Waals surface area contributed by atoms with Gasteiger partial charge in [0.15, 0.2) is 0 Å². The molecule has 0 aliphatic carbocycles. The molecule has 27 heavy (non-hydrogen) atoms. The van der Waals surface area contributed by atoms with Gasteiger partial charge in [0.2, 0.25) is 0 Å². The van der Waals surface area contributed by atoms with E-state index in [9.17, 15) is 19.3 Å². The van der Waals surface area contributed by atoms with Crippen LogP contribution >= 0.6 is 7.82 Å². The summed E-state index contributed by atoms with van der Waals surface area (Å²) in [6.45, 7) is 0.994. The summed E-state index contributed by atoms with van der Waals surface area (Å²) in [4.78, 5) is 46.1. The fourth-order valence-corrected chi connectivity index (χ4v) is 2.66. The third-order valence-electron chi connectivity index (χ3n) is 3.63. The molecule has 0 bridgehead atoms. The number of aliphatic hydroxyl groups is 1. The largest absolute Gasteiger partial charge is 0.469 e. The molecule has 0 radical (unpaired) electrons. The summed E-state index contributed by atoms with van der Waals surface area (Å²) in [6, 6.07) is 5.72. The number of pyridine rings is 1. The Bertz CT molecular complexity index is 867. The van der Waals surface area contributed by atoms with Crippen LogP contribution in [0.5, 0.6) is 0 Å². The zero-order valence-corrected chi connectivity index (χ0v) is 15.2. The van der Waals surface area contributed by atoms with E-state index in [2.05, 4.69) is 14.5 Å². The fraction of sp³-hybridized carbons (Fsp3) is 0.400. The topological polar surface area (TPSA) is 164 Å². The van der Waals surface area contributed by atoms with E-state index in [1.165, 1.54) is 13.1 Å². The number of aryl methyl sites for hydroxylation is 1. The number of phosphoric acid groups is 1. The van der Waals surface area contributed by atoms with Gasteiger partial charge in [0, 0.05) is 30.6 Å². The number of aromatic amines is 1. The maximum Gasteiger partial charge on any atom is 0.469 e. The summed E-state index contributed by atoms with van der Waals surface area (Å²) in [5.74, 6) is 0. The van der Waals surface area contributed by atoms with E-state index in [1.807, 2.05) is 18.2 Å².